The van der Waals surface area contributed by atoms with Crippen LogP contribution in [0.25, 0.3) is 0 Å². The van der Waals surface area contributed by atoms with E-state index >= 15 is 4.39 Å². The molecule has 0 amide bonds. The fraction of sp³-hybridized carbons (Fsp3) is 0.600. The first-order valence-corrected chi connectivity index (χ1v) is 11.1. The Hall–Kier alpha value is -1.59. The second kappa shape index (κ2) is 8.32. The maximum Gasteiger partial charge on any atom is 0.418 e. The highest BCUT2D eigenvalue weighted by Gasteiger charge is 2.66. The van der Waals surface area contributed by atoms with E-state index in [1.54, 1.807) is 0 Å². The molecule has 0 aliphatic carbocycles. The van der Waals surface area contributed by atoms with Gasteiger partial charge in [0, 0.05) is 45.6 Å². The first-order valence-electron chi connectivity index (χ1n) is 9.67. The zero-order valence-corrected chi connectivity index (χ0v) is 18.5. The largest absolute Gasteiger partial charge is 0.549 e. The molecule has 2 aliphatic heterocycles. The van der Waals surface area contributed by atoms with Gasteiger partial charge in [-0.25, -0.2) is 8.78 Å². The molecule has 2 saturated heterocycles. The highest BCUT2D eigenvalue weighted by atomic mass is 35.5. The first-order chi connectivity index (χ1) is 14.7. The first kappa shape index (κ1) is 25.0. The van der Waals surface area contributed by atoms with E-state index in [-0.39, 0.29) is 6.42 Å². The molecule has 2 heterocycles. The van der Waals surface area contributed by atoms with Gasteiger partial charge in [0.1, 0.15) is 12.5 Å². The molecule has 12 heteroatoms. The summed E-state index contributed by atoms with van der Waals surface area (Å²) in [6, 6.07) is -1.67. The molecule has 32 heavy (non-hydrogen) atoms. The number of hydrogen-bond acceptors (Lipinski definition) is 6. The van der Waals surface area contributed by atoms with E-state index in [9.17, 15) is 37.4 Å². The summed E-state index contributed by atoms with van der Waals surface area (Å²) in [5.41, 5.74) is -7.86. The molecular weight excluding hydrogens is 481 g/mol. The van der Waals surface area contributed by atoms with Crippen LogP contribution in [-0.2, 0) is 15.8 Å². The van der Waals surface area contributed by atoms with E-state index in [1.165, 1.54) is 6.92 Å². The molecule has 1 aromatic carbocycles. The number of carboxylic acids is 2. The number of rotatable bonds is 5. The van der Waals surface area contributed by atoms with Crippen LogP contribution in [0.2, 0.25) is 5.02 Å². The molecule has 3 rings (SSSR count). The minimum atomic E-state index is -5.26. The van der Waals surface area contributed by atoms with Gasteiger partial charge in [0.2, 0.25) is 0 Å². The van der Waals surface area contributed by atoms with Crippen molar-refractivity contribution >= 4 is 35.3 Å². The van der Waals surface area contributed by atoms with E-state index in [1.807, 2.05) is 0 Å². The summed E-state index contributed by atoms with van der Waals surface area (Å²) in [4.78, 5) is 25.0. The standard InChI is InChI=1S/C20H21ClF5NO4S/c1-8-19(17(30)31,12-5-6-32-12)15(18(2,16(28)29)11(7-22)27-8)13-10(23)4-3-9(21)14(13)20(24,25)26/h3-4,8,11-12,15,27H,5-7H2,1-2H3,(H,28,29)(H,30,31)/p-2. The van der Waals surface area contributed by atoms with Gasteiger partial charge in [-0.1, -0.05) is 18.5 Å². The number of carboxylic acid groups (broad SMARTS) is 2. The smallest absolute Gasteiger partial charge is 0.418 e. The molecule has 0 aromatic heterocycles. The van der Waals surface area contributed by atoms with E-state index < -0.39 is 80.8 Å². The third-order valence-corrected chi connectivity index (χ3v) is 8.68. The number of carbonyl (C=O) groups excluding carboxylic acids is 2. The second-order valence-electron chi connectivity index (χ2n) is 8.28. The van der Waals surface area contributed by atoms with Crippen LogP contribution < -0.4 is 15.5 Å². The minimum absolute atomic E-state index is 0.203. The highest BCUT2D eigenvalue weighted by Crippen LogP contribution is 2.63. The molecule has 0 bridgehead atoms. The predicted molar refractivity (Wildman–Crippen MR) is 103 cm³/mol. The van der Waals surface area contributed by atoms with Gasteiger partial charge in [0.25, 0.3) is 0 Å². The Labute approximate surface area is 189 Å². The van der Waals surface area contributed by atoms with Crippen LogP contribution >= 0.6 is 23.4 Å². The van der Waals surface area contributed by atoms with Crippen molar-refractivity contribution in [3.8, 4) is 0 Å². The molecule has 0 saturated carbocycles. The summed E-state index contributed by atoms with van der Waals surface area (Å²) in [6.07, 6.45) is -5.06. The number of carbonyl (C=O) groups is 2. The number of aliphatic carboxylic acids is 2. The number of benzene rings is 1. The summed E-state index contributed by atoms with van der Waals surface area (Å²) < 4.78 is 71.3. The number of thioether (sulfide) groups is 1. The predicted octanol–water partition coefficient (Wildman–Crippen LogP) is 1.91. The number of piperidine rings is 1. The molecule has 0 radical (unpaired) electrons. The number of halogens is 6. The average molecular weight is 500 g/mol. The zero-order chi connectivity index (χ0) is 24.2. The molecule has 5 nitrogen and oxygen atoms in total. The number of alkyl halides is 4. The van der Waals surface area contributed by atoms with E-state index in [0.29, 0.717) is 17.9 Å². The maximum absolute atomic E-state index is 15.2. The molecule has 2 fully saturated rings. The Morgan fingerprint density at radius 1 is 1.28 bits per heavy atom. The van der Waals surface area contributed by atoms with Crippen molar-refractivity contribution in [1.29, 1.82) is 0 Å². The monoisotopic (exact) mass is 499 g/mol. The van der Waals surface area contributed by atoms with Gasteiger partial charge in [-0.3, -0.25) is 0 Å². The topological polar surface area (TPSA) is 92.3 Å². The van der Waals surface area contributed by atoms with Gasteiger partial charge in [-0.15, -0.1) is 0 Å². The van der Waals surface area contributed by atoms with Crippen molar-refractivity contribution in [3.63, 3.8) is 0 Å². The van der Waals surface area contributed by atoms with Crippen LogP contribution in [0.15, 0.2) is 12.1 Å². The van der Waals surface area contributed by atoms with Crippen molar-refractivity contribution in [1.82, 2.24) is 5.32 Å². The maximum atomic E-state index is 15.2. The molecule has 0 spiro atoms. The Bertz CT molecular complexity index is 943. The van der Waals surface area contributed by atoms with Crippen molar-refractivity contribution in [2.45, 2.75) is 49.7 Å². The lowest BCUT2D eigenvalue weighted by atomic mass is 9.50. The zero-order valence-electron chi connectivity index (χ0n) is 16.9. The van der Waals surface area contributed by atoms with Crippen molar-refractivity contribution in [3.05, 3.63) is 34.1 Å². The molecule has 6 unspecified atom stereocenters. The minimum Gasteiger partial charge on any atom is -0.549 e. The molecule has 1 aromatic rings. The fourth-order valence-corrected chi connectivity index (χ4v) is 6.66. The SMILES string of the molecule is CC1NC(CF)C(C)(C(=O)[O-])C(c2c(F)ccc(Cl)c2C(F)(F)F)C1(C(=O)[O-])C1CCS1. The van der Waals surface area contributed by atoms with Crippen molar-refractivity contribution < 1.29 is 41.8 Å². The van der Waals surface area contributed by atoms with Gasteiger partial charge >= 0.3 is 6.18 Å². The molecule has 6 atom stereocenters. The van der Waals surface area contributed by atoms with Gasteiger partial charge in [-0.2, -0.15) is 24.9 Å². The summed E-state index contributed by atoms with van der Waals surface area (Å²) in [5.74, 6) is -7.13. The number of hydrogen-bond donors (Lipinski definition) is 1. The molecule has 1 N–H and O–H groups in total. The summed E-state index contributed by atoms with van der Waals surface area (Å²) in [5, 5.41) is 25.7. The van der Waals surface area contributed by atoms with E-state index in [2.05, 4.69) is 5.32 Å². The van der Waals surface area contributed by atoms with Gasteiger partial charge < -0.3 is 25.1 Å². The molecular formula is C20H19ClF5NO4S-2. The normalized spacial score (nSPS) is 35.2. The van der Waals surface area contributed by atoms with E-state index in [4.69, 9.17) is 11.6 Å². The summed E-state index contributed by atoms with van der Waals surface area (Å²) in [7, 11) is 0. The third-order valence-electron chi connectivity index (χ3n) is 6.86. The number of nitrogens with one attached hydrogen (secondary N) is 1. The van der Waals surface area contributed by atoms with Gasteiger partial charge in [-0.05, 0) is 31.2 Å². The lowest BCUT2D eigenvalue weighted by Crippen LogP contribution is -2.76. The van der Waals surface area contributed by atoms with Gasteiger partial charge in [0.05, 0.1) is 16.6 Å². The van der Waals surface area contributed by atoms with Crippen molar-refractivity contribution in [2.75, 3.05) is 12.4 Å². The molecule has 178 valence electrons. The lowest BCUT2D eigenvalue weighted by Gasteiger charge is -2.64. The van der Waals surface area contributed by atoms with Crippen LogP contribution in [0.5, 0.6) is 0 Å². The summed E-state index contributed by atoms with van der Waals surface area (Å²) >= 11 is 6.86. The quantitative estimate of drug-likeness (QED) is 0.622. The highest BCUT2D eigenvalue weighted by molar-refractivity contribution is 8.01. The van der Waals surface area contributed by atoms with Crippen LogP contribution in [0, 0.1) is 16.6 Å². The van der Waals surface area contributed by atoms with Crippen LogP contribution in [0.3, 0.4) is 0 Å². The van der Waals surface area contributed by atoms with Crippen LogP contribution in [-0.4, -0.2) is 41.7 Å². The Kier molecular flexibility index (Phi) is 6.51. The van der Waals surface area contributed by atoms with Crippen molar-refractivity contribution in [2.24, 2.45) is 10.8 Å². The molecule has 2 aliphatic rings. The van der Waals surface area contributed by atoms with Gasteiger partial charge in [0.15, 0.2) is 0 Å². The van der Waals surface area contributed by atoms with Crippen LogP contribution in [0.1, 0.15) is 37.3 Å². The second-order valence-corrected chi connectivity index (χ2v) is 10.0. The Morgan fingerprint density at radius 3 is 2.28 bits per heavy atom. The van der Waals surface area contributed by atoms with E-state index in [0.717, 1.165) is 18.7 Å². The Balaban J connectivity index is 2.52. The fourth-order valence-electron chi connectivity index (χ4n) is 5.20. The third kappa shape index (κ3) is 3.38. The average Bonchev–Trinajstić information content (AvgIpc) is 2.63. The van der Waals surface area contributed by atoms with Crippen LogP contribution in [0.4, 0.5) is 22.0 Å². The lowest BCUT2D eigenvalue weighted by molar-refractivity contribution is -0.336. The Morgan fingerprint density at radius 2 is 1.88 bits per heavy atom. The summed E-state index contributed by atoms with van der Waals surface area (Å²) in [6.45, 7) is 0.780.